The van der Waals surface area contributed by atoms with Gasteiger partial charge in [-0.05, 0) is 59.3 Å². The van der Waals surface area contributed by atoms with Crippen LogP contribution in [-0.2, 0) is 12.8 Å². The molecule has 0 spiro atoms. The van der Waals surface area contributed by atoms with Crippen LogP contribution in [0, 0.1) is 0 Å². The summed E-state index contributed by atoms with van der Waals surface area (Å²) in [5.74, 6) is 6.58. The molecule has 102 valence electrons. The number of fused-ring (bicyclic) bond motifs is 1. The van der Waals surface area contributed by atoms with Crippen molar-refractivity contribution in [2.75, 3.05) is 0 Å². The van der Waals surface area contributed by atoms with Gasteiger partial charge in [-0.25, -0.2) is 5.43 Å². The highest BCUT2D eigenvalue weighted by molar-refractivity contribution is 9.10. The number of hydrogen-bond donors (Lipinski definition) is 2. The zero-order valence-electron chi connectivity index (χ0n) is 10.6. The van der Waals surface area contributed by atoms with Gasteiger partial charge in [-0.1, -0.05) is 6.42 Å². The molecule has 2 heterocycles. The van der Waals surface area contributed by atoms with E-state index in [1.165, 1.54) is 47.4 Å². The summed E-state index contributed by atoms with van der Waals surface area (Å²) in [6.07, 6.45) is 8.03. The van der Waals surface area contributed by atoms with Crippen LogP contribution in [0.5, 0.6) is 0 Å². The SMILES string of the molecule is NNC(c1cc2c(s1)CCCCC2)c1occc1Br. The van der Waals surface area contributed by atoms with E-state index in [0.29, 0.717) is 0 Å². The minimum Gasteiger partial charge on any atom is -0.466 e. The lowest BCUT2D eigenvalue weighted by Gasteiger charge is -2.12. The number of hydrazine groups is 1. The van der Waals surface area contributed by atoms with Crippen molar-refractivity contribution in [2.24, 2.45) is 5.84 Å². The second-order valence-electron chi connectivity index (χ2n) is 4.89. The summed E-state index contributed by atoms with van der Waals surface area (Å²) in [4.78, 5) is 2.76. The van der Waals surface area contributed by atoms with E-state index in [-0.39, 0.29) is 6.04 Å². The van der Waals surface area contributed by atoms with Gasteiger partial charge in [0.1, 0.15) is 11.8 Å². The van der Waals surface area contributed by atoms with E-state index in [4.69, 9.17) is 10.3 Å². The average molecular weight is 341 g/mol. The molecule has 0 aliphatic heterocycles. The van der Waals surface area contributed by atoms with E-state index in [9.17, 15) is 0 Å². The summed E-state index contributed by atoms with van der Waals surface area (Å²) in [5.41, 5.74) is 4.37. The van der Waals surface area contributed by atoms with Gasteiger partial charge in [0.25, 0.3) is 0 Å². The van der Waals surface area contributed by atoms with Gasteiger partial charge >= 0.3 is 0 Å². The highest BCUT2D eigenvalue weighted by Crippen LogP contribution is 2.36. The van der Waals surface area contributed by atoms with Gasteiger partial charge in [0.15, 0.2) is 0 Å². The van der Waals surface area contributed by atoms with Crippen LogP contribution in [-0.4, -0.2) is 0 Å². The first-order valence-corrected chi connectivity index (χ1v) is 8.21. The first kappa shape index (κ1) is 13.4. The quantitative estimate of drug-likeness (QED) is 0.505. The molecule has 1 unspecified atom stereocenters. The first-order chi connectivity index (χ1) is 9.29. The molecule has 0 radical (unpaired) electrons. The monoisotopic (exact) mass is 340 g/mol. The van der Waals surface area contributed by atoms with E-state index in [1.807, 2.05) is 17.4 Å². The minimum atomic E-state index is -0.0682. The third kappa shape index (κ3) is 2.65. The van der Waals surface area contributed by atoms with Crippen molar-refractivity contribution < 1.29 is 4.42 Å². The zero-order valence-corrected chi connectivity index (χ0v) is 13.0. The van der Waals surface area contributed by atoms with Gasteiger partial charge in [-0.15, -0.1) is 11.3 Å². The van der Waals surface area contributed by atoms with Crippen molar-refractivity contribution in [1.82, 2.24) is 5.43 Å². The van der Waals surface area contributed by atoms with E-state index in [0.717, 1.165) is 10.2 Å². The number of halogens is 1. The number of thiophene rings is 1. The standard InChI is InChI=1S/C14H17BrN2OS/c15-10-6-7-18-14(10)13(17-16)12-8-9-4-2-1-3-5-11(9)19-12/h6-8,13,17H,1-5,16H2. The maximum absolute atomic E-state index is 5.73. The summed E-state index contributed by atoms with van der Waals surface area (Å²) >= 11 is 5.37. The van der Waals surface area contributed by atoms with Crippen LogP contribution in [0.1, 0.15) is 46.4 Å². The lowest BCUT2D eigenvalue weighted by atomic mass is 10.1. The highest BCUT2D eigenvalue weighted by Gasteiger charge is 2.23. The zero-order chi connectivity index (χ0) is 13.2. The van der Waals surface area contributed by atoms with Crippen LogP contribution in [0.25, 0.3) is 0 Å². The van der Waals surface area contributed by atoms with Crippen LogP contribution in [0.15, 0.2) is 27.3 Å². The smallest absolute Gasteiger partial charge is 0.141 e. The lowest BCUT2D eigenvalue weighted by molar-refractivity contribution is 0.453. The molecule has 2 aromatic heterocycles. The Morgan fingerprint density at radius 1 is 1.32 bits per heavy atom. The molecule has 3 N–H and O–H groups in total. The Kier molecular flexibility index (Phi) is 4.07. The van der Waals surface area contributed by atoms with Gasteiger partial charge in [-0.2, -0.15) is 0 Å². The second-order valence-corrected chi connectivity index (χ2v) is 6.91. The number of aryl methyl sites for hydroxylation is 2. The van der Waals surface area contributed by atoms with Gasteiger partial charge in [0.2, 0.25) is 0 Å². The van der Waals surface area contributed by atoms with E-state index in [2.05, 4.69) is 27.4 Å². The molecule has 0 amide bonds. The summed E-state index contributed by atoms with van der Waals surface area (Å²) < 4.78 is 6.50. The fourth-order valence-corrected chi connectivity index (χ4v) is 4.38. The van der Waals surface area contributed by atoms with Crippen molar-refractivity contribution >= 4 is 27.3 Å². The van der Waals surface area contributed by atoms with Crippen LogP contribution in [0.2, 0.25) is 0 Å². The summed E-state index contributed by atoms with van der Waals surface area (Å²) in [6, 6.07) is 4.13. The van der Waals surface area contributed by atoms with Crippen LogP contribution < -0.4 is 11.3 Å². The molecule has 0 aromatic carbocycles. The van der Waals surface area contributed by atoms with E-state index >= 15 is 0 Å². The van der Waals surface area contributed by atoms with Crippen molar-refractivity contribution in [3.05, 3.63) is 43.9 Å². The molecule has 0 bridgehead atoms. The van der Waals surface area contributed by atoms with Gasteiger partial charge in [0, 0.05) is 9.75 Å². The molecule has 19 heavy (non-hydrogen) atoms. The number of nitrogens with one attached hydrogen (secondary N) is 1. The molecule has 0 saturated carbocycles. The van der Waals surface area contributed by atoms with Gasteiger partial charge in [-0.3, -0.25) is 5.84 Å². The molecule has 1 aliphatic carbocycles. The van der Waals surface area contributed by atoms with Crippen molar-refractivity contribution in [3.8, 4) is 0 Å². The normalized spacial score (nSPS) is 16.9. The molecule has 3 nitrogen and oxygen atoms in total. The molecular weight excluding hydrogens is 324 g/mol. The summed E-state index contributed by atoms with van der Waals surface area (Å²) in [7, 11) is 0. The summed E-state index contributed by atoms with van der Waals surface area (Å²) in [6.45, 7) is 0. The molecule has 0 saturated heterocycles. The van der Waals surface area contributed by atoms with Crippen LogP contribution in [0.3, 0.4) is 0 Å². The lowest BCUT2D eigenvalue weighted by Crippen LogP contribution is -2.28. The van der Waals surface area contributed by atoms with Crippen molar-refractivity contribution in [2.45, 2.75) is 38.1 Å². The Morgan fingerprint density at radius 2 is 2.16 bits per heavy atom. The Balaban J connectivity index is 1.94. The molecular formula is C14H17BrN2OS. The maximum atomic E-state index is 5.73. The van der Waals surface area contributed by atoms with Crippen LogP contribution >= 0.6 is 27.3 Å². The maximum Gasteiger partial charge on any atom is 0.141 e. The molecule has 0 fully saturated rings. The third-order valence-corrected chi connectivity index (χ3v) is 5.58. The Bertz CT molecular complexity index is 540. The number of nitrogens with two attached hydrogens (primary N) is 1. The third-order valence-electron chi connectivity index (χ3n) is 3.62. The van der Waals surface area contributed by atoms with Crippen molar-refractivity contribution in [3.63, 3.8) is 0 Å². The fraction of sp³-hybridized carbons (Fsp3) is 0.429. The molecule has 3 rings (SSSR count). The number of furan rings is 1. The average Bonchev–Trinajstić information content (AvgIpc) is 2.93. The number of rotatable bonds is 3. The fourth-order valence-electron chi connectivity index (χ4n) is 2.63. The number of hydrogen-bond acceptors (Lipinski definition) is 4. The van der Waals surface area contributed by atoms with E-state index in [1.54, 1.807) is 6.26 Å². The molecule has 5 heteroatoms. The topological polar surface area (TPSA) is 51.2 Å². The first-order valence-electron chi connectivity index (χ1n) is 6.60. The molecule has 2 aromatic rings. The van der Waals surface area contributed by atoms with Crippen molar-refractivity contribution in [1.29, 1.82) is 0 Å². The van der Waals surface area contributed by atoms with E-state index < -0.39 is 0 Å². The largest absolute Gasteiger partial charge is 0.466 e. The minimum absolute atomic E-state index is 0.0682. The Hall–Kier alpha value is -0.620. The van der Waals surface area contributed by atoms with Gasteiger partial charge < -0.3 is 4.42 Å². The Morgan fingerprint density at radius 3 is 2.89 bits per heavy atom. The Labute approximate surface area is 125 Å². The predicted octanol–water partition coefficient (Wildman–Crippen LogP) is 3.93. The highest BCUT2D eigenvalue weighted by atomic mass is 79.9. The van der Waals surface area contributed by atoms with Crippen LogP contribution in [0.4, 0.5) is 0 Å². The predicted molar refractivity (Wildman–Crippen MR) is 81.2 cm³/mol. The molecule has 1 atom stereocenters. The summed E-state index contributed by atoms with van der Waals surface area (Å²) in [5, 5.41) is 0. The second kappa shape index (κ2) is 5.79. The van der Waals surface area contributed by atoms with Gasteiger partial charge in [0.05, 0.1) is 10.7 Å². The molecule has 1 aliphatic rings.